The highest BCUT2D eigenvalue weighted by atomic mass is 32.2. The zero-order valence-corrected chi connectivity index (χ0v) is 18.7. The number of halogens is 3. The maximum absolute atomic E-state index is 12.9. The largest absolute Gasteiger partial charge is 0.534 e. The van der Waals surface area contributed by atoms with Crippen molar-refractivity contribution < 1.29 is 40.0 Å². The molecule has 7 nitrogen and oxygen atoms in total. The van der Waals surface area contributed by atoms with Gasteiger partial charge in [0.25, 0.3) is 0 Å². The SMILES string of the molecule is COc1cc2c(cc1OS(=O)(=O)C(F)(F)F)CC1c3c(cc(OC)c(OC)c3-2)CCN1C. The van der Waals surface area contributed by atoms with Crippen LogP contribution in [0.5, 0.6) is 23.0 Å². The van der Waals surface area contributed by atoms with E-state index in [0.29, 0.717) is 29.0 Å². The number of likely N-dealkylation sites (N-methyl/N-ethyl adjacent to an activating group) is 1. The maximum Gasteiger partial charge on any atom is 0.534 e. The van der Waals surface area contributed by atoms with Crippen molar-refractivity contribution in [2.75, 3.05) is 34.9 Å². The van der Waals surface area contributed by atoms with Crippen molar-refractivity contribution in [3.8, 4) is 34.1 Å². The molecule has 1 aliphatic carbocycles. The van der Waals surface area contributed by atoms with Gasteiger partial charge in [-0.3, -0.25) is 4.90 Å². The van der Waals surface area contributed by atoms with Gasteiger partial charge in [-0.05, 0) is 60.3 Å². The Bertz CT molecular complexity index is 1180. The predicted molar refractivity (Wildman–Crippen MR) is 110 cm³/mol. The van der Waals surface area contributed by atoms with E-state index in [0.717, 1.165) is 29.7 Å². The molecule has 2 aromatic carbocycles. The van der Waals surface area contributed by atoms with Gasteiger partial charge >= 0.3 is 15.6 Å². The number of alkyl halides is 3. The molecule has 1 unspecified atom stereocenters. The molecule has 2 aromatic rings. The first-order valence-corrected chi connectivity index (χ1v) is 11.1. The Hall–Kier alpha value is -2.66. The molecule has 32 heavy (non-hydrogen) atoms. The Labute approximate surface area is 183 Å². The van der Waals surface area contributed by atoms with Gasteiger partial charge in [-0.15, -0.1) is 0 Å². The summed E-state index contributed by atoms with van der Waals surface area (Å²) >= 11 is 0. The van der Waals surface area contributed by atoms with E-state index in [1.54, 1.807) is 0 Å². The van der Waals surface area contributed by atoms with Gasteiger partial charge in [-0.25, -0.2) is 0 Å². The van der Waals surface area contributed by atoms with Crippen LogP contribution in [0.4, 0.5) is 13.2 Å². The number of fused-ring (bicyclic) bond motifs is 2. The lowest BCUT2D eigenvalue weighted by molar-refractivity contribution is -0.0500. The average Bonchev–Trinajstić information content (AvgIpc) is 2.73. The minimum absolute atomic E-state index is 0.0680. The molecule has 0 fully saturated rings. The lowest BCUT2D eigenvalue weighted by Gasteiger charge is -2.40. The van der Waals surface area contributed by atoms with Crippen LogP contribution in [-0.4, -0.2) is 53.7 Å². The molecule has 0 spiro atoms. The number of rotatable bonds is 5. The Kier molecular flexibility index (Phi) is 5.44. The molecule has 0 bridgehead atoms. The molecule has 11 heteroatoms. The van der Waals surface area contributed by atoms with Gasteiger partial charge in [0.2, 0.25) is 0 Å². The lowest BCUT2D eigenvalue weighted by Crippen LogP contribution is -2.35. The van der Waals surface area contributed by atoms with Gasteiger partial charge < -0.3 is 18.4 Å². The van der Waals surface area contributed by atoms with Crippen molar-refractivity contribution in [1.82, 2.24) is 4.90 Å². The molecule has 2 aliphatic rings. The number of nitrogens with zero attached hydrogens (tertiary/aromatic N) is 1. The van der Waals surface area contributed by atoms with Crippen molar-refractivity contribution in [1.29, 1.82) is 0 Å². The third kappa shape index (κ3) is 3.43. The second-order valence-corrected chi connectivity index (χ2v) is 9.19. The predicted octanol–water partition coefficient (Wildman–Crippen LogP) is 3.69. The van der Waals surface area contributed by atoms with E-state index >= 15 is 0 Å². The molecule has 1 atom stereocenters. The van der Waals surface area contributed by atoms with Crippen LogP contribution in [0.15, 0.2) is 18.2 Å². The van der Waals surface area contributed by atoms with E-state index in [1.807, 2.05) is 13.1 Å². The maximum atomic E-state index is 12.9. The zero-order valence-electron chi connectivity index (χ0n) is 17.9. The van der Waals surface area contributed by atoms with Crippen molar-refractivity contribution >= 4 is 10.1 Å². The fourth-order valence-electron chi connectivity index (χ4n) is 4.45. The normalized spacial score (nSPS) is 17.9. The van der Waals surface area contributed by atoms with Gasteiger partial charge in [0, 0.05) is 18.2 Å². The van der Waals surface area contributed by atoms with Crippen LogP contribution in [0.1, 0.15) is 22.7 Å². The van der Waals surface area contributed by atoms with Crippen LogP contribution in [-0.2, 0) is 23.0 Å². The Balaban J connectivity index is 1.97. The van der Waals surface area contributed by atoms with Gasteiger partial charge in [0.15, 0.2) is 23.0 Å². The molecule has 0 aromatic heterocycles. The fraction of sp³-hybridized carbons (Fsp3) is 0.429. The van der Waals surface area contributed by atoms with Crippen molar-refractivity contribution in [3.05, 3.63) is 34.9 Å². The Morgan fingerprint density at radius 2 is 1.62 bits per heavy atom. The standard InChI is InChI=1S/C21H22F3NO6S/c1-25-6-5-11-8-17(29-3)20(30-4)19-13-10-15(28-2)16(31-32(26,27)21(22,23)24)9-12(13)7-14(25)18(11)19/h8-10,14H,5-7H2,1-4H3. The van der Waals surface area contributed by atoms with Crippen LogP contribution in [0, 0.1) is 0 Å². The zero-order chi connectivity index (χ0) is 23.4. The van der Waals surface area contributed by atoms with E-state index in [2.05, 4.69) is 9.08 Å². The second-order valence-electron chi connectivity index (χ2n) is 7.65. The molecule has 4 rings (SSSR count). The van der Waals surface area contributed by atoms with Crippen molar-refractivity contribution in [3.63, 3.8) is 0 Å². The Morgan fingerprint density at radius 3 is 2.22 bits per heavy atom. The van der Waals surface area contributed by atoms with Crippen LogP contribution < -0.4 is 18.4 Å². The topological polar surface area (TPSA) is 74.3 Å². The number of hydrogen-bond donors (Lipinski definition) is 0. The minimum atomic E-state index is -5.85. The summed E-state index contributed by atoms with van der Waals surface area (Å²) in [4.78, 5) is 2.15. The highest BCUT2D eigenvalue weighted by Crippen LogP contribution is 2.54. The monoisotopic (exact) mass is 473 g/mol. The molecule has 0 amide bonds. The third-order valence-electron chi connectivity index (χ3n) is 5.95. The number of ether oxygens (including phenoxy) is 3. The van der Waals surface area contributed by atoms with Gasteiger partial charge in [0.05, 0.1) is 21.3 Å². The van der Waals surface area contributed by atoms with Gasteiger partial charge in [-0.2, -0.15) is 21.6 Å². The average molecular weight is 473 g/mol. The molecule has 1 aliphatic heterocycles. The highest BCUT2D eigenvalue weighted by molar-refractivity contribution is 7.88. The van der Waals surface area contributed by atoms with E-state index in [-0.39, 0.29) is 11.8 Å². The summed E-state index contributed by atoms with van der Waals surface area (Å²) in [5.41, 5.74) is -1.37. The first-order valence-electron chi connectivity index (χ1n) is 9.72. The van der Waals surface area contributed by atoms with Gasteiger partial charge in [-0.1, -0.05) is 0 Å². The smallest absolute Gasteiger partial charge is 0.493 e. The number of benzene rings is 2. The van der Waals surface area contributed by atoms with E-state index < -0.39 is 21.4 Å². The summed E-state index contributed by atoms with van der Waals surface area (Å²) in [6.45, 7) is 0.782. The highest BCUT2D eigenvalue weighted by Gasteiger charge is 2.49. The molecule has 174 valence electrons. The van der Waals surface area contributed by atoms with Gasteiger partial charge in [0.1, 0.15) is 0 Å². The minimum Gasteiger partial charge on any atom is -0.493 e. The summed E-state index contributed by atoms with van der Waals surface area (Å²) < 4.78 is 82.8. The van der Waals surface area contributed by atoms with Crippen LogP contribution in [0.25, 0.3) is 11.1 Å². The molecule has 0 N–H and O–H groups in total. The number of methoxy groups -OCH3 is 3. The first kappa shape index (κ1) is 22.5. The summed E-state index contributed by atoms with van der Waals surface area (Å²) in [5.74, 6) is 0.368. The van der Waals surface area contributed by atoms with Crippen molar-refractivity contribution in [2.24, 2.45) is 0 Å². The molecule has 0 saturated carbocycles. The van der Waals surface area contributed by atoms with Crippen LogP contribution >= 0.6 is 0 Å². The molecule has 1 heterocycles. The summed E-state index contributed by atoms with van der Waals surface area (Å²) in [6, 6.07) is 4.66. The quantitative estimate of drug-likeness (QED) is 0.484. The summed E-state index contributed by atoms with van der Waals surface area (Å²) in [6.07, 6.45) is 1.25. The van der Waals surface area contributed by atoms with Crippen molar-refractivity contribution in [2.45, 2.75) is 24.4 Å². The van der Waals surface area contributed by atoms with E-state index in [9.17, 15) is 21.6 Å². The lowest BCUT2D eigenvalue weighted by atomic mass is 9.76. The second kappa shape index (κ2) is 7.73. The molecule has 0 radical (unpaired) electrons. The fourth-order valence-corrected chi connectivity index (χ4v) is 4.91. The van der Waals surface area contributed by atoms with Crippen LogP contribution in [0.2, 0.25) is 0 Å². The Morgan fingerprint density at radius 1 is 0.969 bits per heavy atom. The summed E-state index contributed by atoms with van der Waals surface area (Å²) in [7, 11) is 0.390. The summed E-state index contributed by atoms with van der Waals surface area (Å²) in [5, 5.41) is 0. The van der Waals surface area contributed by atoms with Crippen LogP contribution in [0.3, 0.4) is 0 Å². The molecular formula is C21H22F3NO6S. The van der Waals surface area contributed by atoms with E-state index in [1.165, 1.54) is 33.5 Å². The molecular weight excluding hydrogens is 451 g/mol. The third-order valence-corrected chi connectivity index (χ3v) is 6.92. The molecule has 0 saturated heterocycles. The number of hydrogen-bond acceptors (Lipinski definition) is 7. The van der Waals surface area contributed by atoms with E-state index in [4.69, 9.17) is 14.2 Å². The first-order chi connectivity index (χ1) is 15.0.